The van der Waals surface area contributed by atoms with E-state index in [9.17, 15) is 4.79 Å². The van der Waals surface area contributed by atoms with Gasteiger partial charge in [0.25, 0.3) is 0 Å². The third-order valence-electron chi connectivity index (χ3n) is 1.72. The monoisotopic (exact) mass is 162 g/mol. The van der Waals surface area contributed by atoms with E-state index in [4.69, 9.17) is 9.52 Å². The van der Waals surface area contributed by atoms with Gasteiger partial charge in [-0.2, -0.15) is 0 Å². The van der Waals surface area contributed by atoms with Gasteiger partial charge in [-0.25, -0.2) is 4.79 Å². The molecule has 0 aliphatic heterocycles. The SMILES string of the molecule is O=C(O)c1ccc2cocc2c1. The van der Waals surface area contributed by atoms with Crippen molar-refractivity contribution in [1.29, 1.82) is 0 Å². The Hall–Kier alpha value is -1.77. The zero-order valence-electron chi connectivity index (χ0n) is 6.15. The summed E-state index contributed by atoms with van der Waals surface area (Å²) in [6.07, 6.45) is 3.11. The molecule has 12 heavy (non-hydrogen) atoms. The summed E-state index contributed by atoms with van der Waals surface area (Å²) in [5.41, 5.74) is 0.281. The van der Waals surface area contributed by atoms with Crippen LogP contribution in [0.1, 0.15) is 10.4 Å². The highest BCUT2D eigenvalue weighted by atomic mass is 16.4. The van der Waals surface area contributed by atoms with Gasteiger partial charge in [0.1, 0.15) is 0 Å². The largest absolute Gasteiger partial charge is 0.478 e. The lowest BCUT2D eigenvalue weighted by atomic mass is 10.1. The first kappa shape index (κ1) is 6.91. The van der Waals surface area contributed by atoms with Gasteiger partial charge in [-0.05, 0) is 12.1 Å². The van der Waals surface area contributed by atoms with Crippen molar-refractivity contribution >= 4 is 16.7 Å². The van der Waals surface area contributed by atoms with Crippen LogP contribution in [0, 0.1) is 0 Å². The number of fused-ring (bicyclic) bond motifs is 1. The van der Waals surface area contributed by atoms with Gasteiger partial charge in [0.15, 0.2) is 0 Å². The average Bonchev–Trinajstić information content (AvgIpc) is 2.49. The normalized spacial score (nSPS) is 10.3. The highest BCUT2D eigenvalue weighted by molar-refractivity contribution is 5.93. The van der Waals surface area contributed by atoms with Crippen molar-refractivity contribution in [2.24, 2.45) is 0 Å². The number of hydrogen-bond donors (Lipinski definition) is 1. The first-order valence-corrected chi connectivity index (χ1v) is 3.46. The van der Waals surface area contributed by atoms with Crippen molar-refractivity contribution in [3.63, 3.8) is 0 Å². The van der Waals surface area contributed by atoms with Crippen molar-refractivity contribution in [3.05, 3.63) is 36.3 Å². The smallest absolute Gasteiger partial charge is 0.335 e. The van der Waals surface area contributed by atoms with Gasteiger partial charge in [-0.15, -0.1) is 0 Å². The molecule has 0 bridgehead atoms. The number of aromatic carboxylic acids is 1. The van der Waals surface area contributed by atoms with Crippen LogP contribution in [0.2, 0.25) is 0 Å². The Balaban J connectivity index is 2.68. The van der Waals surface area contributed by atoms with Crippen LogP contribution in [0.3, 0.4) is 0 Å². The summed E-state index contributed by atoms with van der Waals surface area (Å²) in [4.78, 5) is 10.5. The quantitative estimate of drug-likeness (QED) is 0.698. The molecule has 3 heteroatoms. The minimum atomic E-state index is -0.918. The lowest BCUT2D eigenvalue weighted by Gasteiger charge is -1.92. The van der Waals surface area contributed by atoms with Crippen LogP contribution >= 0.6 is 0 Å². The Morgan fingerprint density at radius 3 is 2.75 bits per heavy atom. The van der Waals surface area contributed by atoms with Gasteiger partial charge in [-0.1, -0.05) is 6.07 Å². The lowest BCUT2D eigenvalue weighted by molar-refractivity contribution is 0.0697. The molecule has 2 rings (SSSR count). The molecule has 0 spiro atoms. The fraction of sp³-hybridized carbons (Fsp3) is 0. The van der Waals surface area contributed by atoms with Crippen LogP contribution in [0.15, 0.2) is 35.1 Å². The average molecular weight is 162 g/mol. The van der Waals surface area contributed by atoms with E-state index >= 15 is 0 Å². The maximum absolute atomic E-state index is 10.5. The molecular formula is C9H6O3. The molecule has 0 saturated carbocycles. The van der Waals surface area contributed by atoms with Gasteiger partial charge in [-0.3, -0.25) is 0 Å². The van der Waals surface area contributed by atoms with Crippen molar-refractivity contribution < 1.29 is 14.3 Å². The minimum Gasteiger partial charge on any atom is -0.478 e. The van der Waals surface area contributed by atoms with E-state index in [0.29, 0.717) is 0 Å². The van der Waals surface area contributed by atoms with Crippen molar-refractivity contribution in [1.82, 2.24) is 0 Å². The Kier molecular flexibility index (Phi) is 1.37. The Morgan fingerprint density at radius 2 is 2.00 bits per heavy atom. The van der Waals surface area contributed by atoms with Crippen molar-refractivity contribution in [2.45, 2.75) is 0 Å². The first-order chi connectivity index (χ1) is 5.77. The molecule has 0 saturated heterocycles. The molecule has 0 unspecified atom stereocenters. The van der Waals surface area contributed by atoms with Crippen LogP contribution < -0.4 is 0 Å². The van der Waals surface area contributed by atoms with Crippen LogP contribution in [0.25, 0.3) is 10.8 Å². The number of carboxylic acid groups (broad SMARTS) is 1. The highest BCUT2D eigenvalue weighted by Gasteiger charge is 2.03. The topological polar surface area (TPSA) is 50.4 Å². The number of furan rings is 1. The molecule has 0 aliphatic carbocycles. The molecule has 0 radical (unpaired) electrons. The van der Waals surface area contributed by atoms with Gasteiger partial charge in [0.2, 0.25) is 0 Å². The highest BCUT2D eigenvalue weighted by Crippen LogP contribution is 2.16. The second kappa shape index (κ2) is 2.37. The maximum Gasteiger partial charge on any atom is 0.335 e. The third kappa shape index (κ3) is 0.955. The first-order valence-electron chi connectivity index (χ1n) is 3.46. The zero-order chi connectivity index (χ0) is 8.55. The molecule has 60 valence electrons. The molecule has 0 amide bonds. The second-order valence-corrected chi connectivity index (χ2v) is 2.52. The Bertz CT molecular complexity index is 428. The number of benzene rings is 1. The predicted molar refractivity (Wildman–Crippen MR) is 43.2 cm³/mol. The van der Waals surface area contributed by atoms with E-state index in [1.165, 1.54) is 6.26 Å². The summed E-state index contributed by atoms with van der Waals surface area (Å²) in [6, 6.07) is 4.86. The molecule has 1 aromatic carbocycles. The molecule has 0 atom stereocenters. The summed E-state index contributed by atoms with van der Waals surface area (Å²) in [5.74, 6) is -0.918. The summed E-state index contributed by atoms with van der Waals surface area (Å²) in [7, 11) is 0. The number of carbonyl (C=O) groups is 1. The van der Waals surface area contributed by atoms with Gasteiger partial charge in [0.05, 0.1) is 18.1 Å². The molecular weight excluding hydrogens is 156 g/mol. The van der Waals surface area contributed by atoms with Crippen molar-refractivity contribution in [2.75, 3.05) is 0 Å². The number of hydrogen-bond acceptors (Lipinski definition) is 2. The summed E-state index contributed by atoms with van der Waals surface area (Å²) in [5, 5.41) is 10.4. The molecule has 2 aromatic rings. The molecule has 0 aliphatic rings. The van der Waals surface area contributed by atoms with E-state index in [1.54, 1.807) is 24.5 Å². The third-order valence-corrected chi connectivity index (χ3v) is 1.72. The van der Waals surface area contributed by atoms with E-state index in [-0.39, 0.29) is 5.56 Å². The molecule has 1 aromatic heterocycles. The van der Waals surface area contributed by atoms with Crippen LogP contribution in [0.5, 0.6) is 0 Å². The number of rotatable bonds is 1. The van der Waals surface area contributed by atoms with Gasteiger partial charge >= 0.3 is 5.97 Å². The standard InChI is InChI=1S/C9H6O3/c10-9(11)6-1-2-7-4-12-5-8(7)3-6/h1-5H,(H,10,11). The molecule has 0 fully saturated rings. The molecule has 1 heterocycles. The van der Waals surface area contributed by atoms with E-state index < -0.39 is 5.97 Å². The molecule has 3 nitrogen and oxygen atoms in total. The number of carboxylic acids is 1. The van der Waals surface area contributed by atoms with Crippen LogP contribution in [-0.2, 0) is 0 Å². The van der Waals surface area contributed by atoms with Crippen LogP contribution in [0.4, 0.5) is 0 Å². The lowest BCUT2D eigenvalue weighted by Crippen LogP contribution is -1.94. The molecule has 1 N–H and O–H groups in total. The van der Waals surface area contributed by atoms with E-state index in [2.05, 4.69) is 0 Å². The summed E-state index contributed by atoms with van der Waals surface area (Å²) in [6.45, 7) is 0. The Labute approximate surface area is 68.2 Å². The minimum absolute atomic E-state index is 0.281. The fourth-order valence-electron chi connectivity index (χ4n) is 1.10. The summed E-state index contributed by atoms with van der Waals surface area (Å²) < 4.78 is 4.91. The van der Waals surface area contributed by atoms with Crippen molar-refractivity contribution in [3.8, 4) is 0 Å². The van der Waals surface area contributed by atoms with E-state index in [0.717, 1.165) is 10.8 Å². The van der Waals surface area contributed by atoms with Gasteiger partial charge in [0, 0.05) is 10.8 Å². The summed E-state index contributed by atoms with van der Waals surface area (Å²) >= 11 is 0. The zero-order valence-corrected chi connectivity index (χ0v) is 6.15. The predicted octanol–water partition coefficient (Wildman–Crippen LogP) is 2.13. The maximum atomic E-state index is 10.5. The van der Waals surface area contributed by atoms with Crippen LogP contribution in [-0.4, -0.2) is 11.1 Å². The van der Waals surface area contributed by atoms with Gasteiger partial charge < -0.3 is 9.52 Å². The Morgan fingerprint density at radius 1 is 1.25 bits per heavy atom. The fourth-order valence-corrected chi connectivity index (χ4v) is 1.10. The van der Waals surface area contributed by atoms with E-state index in [1.807, 2.05) is 0 Å². The second-order valence-electron chi connectivity index (χ2n) is 2.52.